The first kappa shape index (κ1) is 12.9. The minimum Gasteiger partial charge on any atom is -0.402 e. The van der Waals surface area contributed by atoms with Crippen molar-refractivity contribution in [2.75, 3.05) is 0 Å². The quantitative estimate of drug-likeness (QED) is 0.727. The van der Waals surface area contributed by atoms with Crippen molar-refractivity contribution in [3.8, 4) is 0 Å². The molecule has 0 saturated carbocycles. The Bertz CT molecular complexity index is 849. The van der Waals surface area contributed by atoms with Gasteiger partial charge in [-0.1, -0.05) is 23.7 Å². The van der Waals surface area contributed by atoms with Crippen LogP contribution in [-0.2, 0) is 6.54 Å². The fraction of sp³-hybridized carbons (Fsp3) is 0.200. The van der Waals surface area contributed by atoms with Gasteiger partial charge in [0.1, 0.15) is 0 Å². The standard InChI is InChI=1S/C15H13ClN2O2/c1-9-6-13(19)20-15-14(9)10(2)18(17-15)8-11-4-3-5-12(16)7-11/h3-7H,8H2,1-2H3. The van der Waals surface area contributed by atoms with Crippen LogP contribution < -0.4 is 5.63 Å². The van der Waals surface area contributed by atoms with Gasteiger partial charge in [0.15, 0.2) is 0 Å². The lowest BCUT2D eigenvalue weighted by Gasteiger charge is -2.04. The van der Waals surface area contributed by atoms with Crippen molar-refractivity contribution >= 4 is 22.7 Å². The second-order valence-electron chi connectivity index (χ2n) is 4.80. The summed E-state index contributed by atoms with van der Waals surface area (Å²) in [4.78, 5) is 11.4. The van der Waals surface area contributed by atoms with E-state index in [9.17, 15) is 4.79 Å². The Kier molecular flexibility index (Phi) is 3.10. The van der Waals surface area contributed by atoms with E-state index in [-0.39, 0.29) is 5.63 Å². The molecule has 2 heterocycles. The van der Waals surface area contributed by atoms with Crippen LogP contribution in [0, 0.1) is 13.8 Å². The molecule has 0 saturated heterocycles. The van der Waals surface area contributed by atoms with Crippen molar-refractivity contribution in [2.24, 2.45) is 0 Å². The Labute approximate surface area is 120 Å². The van der Waals surface area contributed by atoms with Crippen molar-refractivity contribution < 1.29 is 4.42 Å². The summed E-state index contributed by atoms with van der Waals surface area (Å²) in [5, 5.41) is 5.95. The highest BCUT2D eigenvalue weighted by molar-refractivity contribution is 6.30. The summed E-state index contributed by atoms with van der Waals surface area (Å²) < 4.78 is 6.98. The van der Waals surface area contributed by atoms with E-state index in [1.54, 1.807) is 0 Å². The van der Waals surface area contributed by atoms with E-state index in [4.69, 9.17) is 16.0 Å². The Balaban J connectivity index is 2.11. The van der Waals surface area contributed by atoms with E-state index >= 15 is 0 Å². The molecule has 0 bridgehead atoms. The molecule has 0 radical (unpaired) electrons. The molecule has 20 heavy (non-hydrogen) atoms. The minimum atomic E-state index is -0.373. The van der Waals surface area contributed by atoms with E-state index in [0.717, 1.165) is 22.2 Å². The summed E-state index contributed by atoms with van der Waals surface area (Å²) in [7, 11) is 0. The van der Waals surface area contributed by atoms with Crippen molar-refractivity contribution in [1.29, 1.82) is 0 Å². The highest BCUT2D eigenvalue weighted by Gasteiger charge is 2.13. The summed E-state index contributed by atoms with van der Waals surface area (Å²) in [6, 6.07) is 9.11. The van der Waals surface area contributed by atoms with Gasteiger partial charge in [0, 0.05) is 16.8 Å². The van der Waals surface area contributed by atoms with E-state index in [2.05, 4.69) is 5.10 Å². The largest absolute Gasteiger partial charge is 0.402 e. The van der Waals surface area contributed by atoms with Gasteiger partial charge in [0.05, 0.1) is 11.9 Å². The fourth-order valence-corrected chi connectivity index (χ4v) is 2.59. The zero-order valence-corrected chi connectivity index (χ0v) is 11.9. The van der Waals surface area contributed by atoms with Crippen LogP contribution in [0.5, 0.6) is 0 Å². The normalized spacial score (nSPS) is 11.2. The van der Waals surface area contributed by atoms with Crippen LogP contribution >= 0.6 is 11.6 Å². The average Bonchev–Trinajstić information content (AvgIpc) is 2.66. The third-order valence-electron chi connectivity index (χ3n) is 3.32. The minimum absolute atomic E-state index is 0.373. The molecule has 0 spiro atoms. The topological polar surface area (TPSA) is 48.0 Å². The molecular formula is C15H13ClN2O2. The Morgan fingerprint density at radius 3 is 2.85 bits per heavy atom. The van der Waals surface area contributed by atoms with Crippen LogP contribution in [0.4, 0.5) is 0 Å². The molecule has 5 heteroatoms. The van der Waals surface area contributed by atoms with Crippen molar-refractivity contribution in [2.45, 2.75) is 20.4 Å². The zero-order valence-electron chi connectivity index (χ0n) is 11.2. The summed E-state index contributed by atoms with van der Waals surface area (Å²) >= 11 is 5.99. The number of aryl methyl sites for hydroxylation is 2. The molecule has 102 valence electrons. The second-order valence-corrected chi connectivity index (χ2v) is 5.24. The third-order valence-corrected chi connectivity index (χ3v) is 3.56. The fourth-order valence-electron chi connectivity index (χ4n) is 2.38. The smallest absolute Gasteiger partial charge is 0.337 e. The molecule has 0 fully saturated rings. The van der Waals surface area contributed by atoms with Crippen LogP contribution in [-0.4, -0.2) is 9.78 Å². The molecule has 0 N–H and O–H groups in total. The maximum atomic E-state index is 11.4. The number of benzene rings is 1. The molecule has 0 aliphatic heterocycles. The maximum Gasteiger partial charge on any atom is 0.337 e. The van der Waals surface area contributed by atoms with E-state index in [1.165, 1.54) is 6.07 Å². The van der Waals surface area contributed by atoms with Crippen LogP contribution in [0.15, 0.2) is 39.5 Å². The van der Waals surface area contributed by atoms with Gasteiger partial charge in [-0.2, -0.15) is 0 Å². The second kappa shape index (κ2) is 4.80. The van der Waals surface area contributed by atoms with Crippen molar-refractivity contribution in [1.82, 2.24) is 9.78 Å². The zero-order chi connectivity index (χ0) is 14.3. The molecule has 3 aromatic rings. The Morgan fingerprint density at radius 1 is 1.30 bits per heavy atom. The van der Waals surface area contributed by atoms with Gasteiger partial charge in [-0.3, -0.25) is 4.68 Å². The number of aromatic nitrogens is 2. The lowest BCUT2D eigenvalue weighted by Crippen LogP contribution is -2.03. The summed E-state index contributed by atoms with van der Waals surface area (Å²) in [5.41, 5.74) is 2.91. The van der Waals surface area contributed by atoms with E-state index in [1.807, 2.05) is 42.8 Å². The van der Waals surface area contributed by atoms with Gasteiger partial charge in [0.25, 0.3) is 0 Å². The number of nitrogens with zero attached hydrogens (tertiary/aromatic N) is 2. The number of hydrogen-bond donors (Lipinski definition) is 0. The molecule has 0 aliphatic carbocycles. The average molecular weight is 289 g/mol. The lowest BCUT2D eigenvalue weighted by atomic mass is 10.2. The molecule has 2 aromatic heterocycles. The first-order valence-corrected chi connectivity index (χ1v) is 6.65. The Morgan fingerprint density at radius 2 is 2.10 bits per heavy atom. The molecule has 0 aliphatic rings. The highest BCUT2D eigenvalue weighted by atomic mass is 35.5. The molecule has 0 amide bonds. The summed E-state index contributed by atoms with van der Waals surface area (Å²) in [6.07, 6.45) is 0. The SMILES string of the molecule is Cc1cc(=O)oc2nn(Cc3cccc(Cl)c3)c(C)c12. The van der Waals surface area contributed by atoms with E-state index in [0.29, 0.717) is 17.3 Å². The monoisotopic (exact) mass is 288 g/mol. The van der Waals surface area contributed by atoms with Crippen LogP contribution in [0.3, 0.4) is 0 Å². The third kappa shape index (κ3) is 2.23. The summed E-state index contributed by atoms with van der Waals surface area (Å²) in [6.45, 7) is 4.44. The summed E-state index contributed by atoms with van der Waals surface area (Å²) in [5.74, 6) is 0. The number of rotatable bonds is 2. The molecule has 0 unspecified atom stereocenters. The van der Waals surface area contributed by atoms with Gasteiger partial charge in [-0.25, -0.2) is 4.79 Å². The van der Waals surface area contributed by atoms with Gasteiger partial charge >= 0.3 is 5.63 Å². The maximum absolute atomic E-state index is 11.4. The molecule has 1 aromatic carbocycles. The van der Waals surface area contributed by atoms with Crippen LogP contribution in [0.1, 0.15) is 16.8 Å². The van der Waals surface area contributed by atoms with Crippen LogP contribution in [0.25, 0.3) is 11.1 Å². The molecule has 0 atom stereocenters. The molecule has 4 nitrogen and oxygen atoms in total. The molecular weight excluding hydrogens is 276 g/mol. The number of fused-ring (bicyclic) bond motifs is 1. The highest BCUT2D eigenvalue weighted by Crippen LogP contribution is 2.21. The van der Waals surface area contributed by atoms with Gasteiger partial charge in [0.2, 0.25) is 5.71 Å². The van der Waals surface area contributed by atoms with Crippen LogP contribution in [0.2, 0.25) is 5.02 Å². The van der Waals surface area contributed by atoms with Crippen molar-refractivity contribution in [3.05, 3.63) is 62.6 Å². The van der Waals surface area contributed by atoms with Gasteiger partial charge in [-0.05, 0) is 37.1 Å². The predicted molar refractivity (Wildman–Crippen MR) is 78.3 cm³/mol. The van der Waals surface area contributed by atoms with Gasteiger partial charge < -0.3 is 4.42 Å². The van der Waals surface area contributed by atoms with Gasteiger partial charge in [-0.15, -0.1) is 5.10 Å². The van der Waals surface area contributed by atoms with Crippen molar-refractivity contribution in [3.63, 3.8) is 0 Å². The lowest BCUT2D eigenvalue weighted by molar-refractivity contribution is 0.535. The number of hydrogen-bond acceptors (Lipinski definition) is 3. The van der Waals surface area contributed by atoms with E-state index < -0.39 is 0 Å². The number of halogens is 1. The predicted octanol–water partition coefficient (Wildman–Crippen LogP) is 3.31. The Hall–Kier alpha value is -2.07. The first-order chi connectivity index (χ1) is 9.54. The molecule has 3 rings (SSSR count). The first-order valence-electron chi connectivity index (χ1n) is 6.27.